The molecule has 0 radical (unpaired) electrons. The van der Waals surface area contributed by atoms with Gasteiger partial charge in [0.15, 0.2) is 0 Å². The summed E-state index contributed by atoms with van der Waals surface area (Å²) in [6.45, 7) is 0. The molecule has 0 aliphatic carbocycles. The van der Waals surface area contributed by atoms with E-state index in [-0.39, 0.29) is 0 Å². The molecule has 1 nitrogen and oxygen atoms in total. The van der Waals surface area contributed by atoms with Gasteiger partial charge >= 0.3 is 0 Å². The van der Waals surface area contributed by atoms with Gasteiger partial charge in [-0.3, -0.25) is 4.98 Å². The Morgan fingerprint density at radius 1 is 0.333 bits per heavy atom. The van der Waals surface area contributed by atoms with Gasteiger partial charge in [0, 0.05) is 11.8 Å². The molecule has 0 aliphatic heterocycles. The molecule has 30 heavy (non-hydrogen) atoms. The molecule has 0 amide bonds. The van der Waals surface area contributed by atoms with Gasteiger partial charge in [-0.1, -0.05) is 109 Å². The molecule has 4 aromatic carbocycles. The van der Waals surface area contributed by atoms with Crippen molar-refractivity contribution in [2.24, 2.45) is 0 Å². The highest BCUT2D eigenvalue weighted by Crippen LogP contribution is 2.28. The first-order valence-electron chi connectivity index (χ1n) is 10.1. The van der Waals surface area contributed by atoms with Crippen LogP contribution < -0.4 is 0 Å². The second-order valence-corrected chi connectivity index (χ2v) is 7.32. The van der Waals surface area contributed by atoms with Gasteiger partial charge in [-0.05, 0) is 45.5 Å². The van der Waals surface area contributed by atoms with E-state index in [1.807, 2.05) is 30.5 Å². The zero-order chi connectivity index (χ0) is 20.2. The Morgan fingerprint density at radius 3 is 1.23 bits per heavy atom. The highest BCUT2D eigenvalue weighted by atomic mass is 14.7. The predicted octanol–water partition coefficient (Wildman–Crippen LogP) is 7.75. The highest BCUT2D eigenvalue weighted by molar-refractivity contribution is 5.75. The van der Waals surface area contributed by atoms with Crippen molar-refractivity contribution >= 4 is 0 Å². The lowest BCUT2D eigenvalue weighted by atomic mass is 9.98. The zero-order valence-electron chi connectivity index (χ0n) is 16.6. The van der Waals surface area contributed by atoms with Crippen molar-refractivity contribution in [3.63, 3.8) is 0 Å². The van der Waals surface area contributed by atoms with Crippen LogP contribution in [0.3, 0.4) is 0 Å². The van der Waals surface area contributed by atoms with Crippen LogP contribution in [-0.2, 0) is 0 Å². The summed E-state index contributed by atoms with van der Waals surface area (Å²) in [6, 6.07) is 42.5. The standard InChI is InChI=1S/C29H21N/c1-3-7-22(8-4-1)23-11-13-24(14-12-23)25-15-17-26(18-16-25)28-19-20-30-29(21-28)27-9-5-2-6-10-27/h1-21H. The van der Waals surface area contributed by atoms with Gasteiger partial charge < -0.3 is 0 Å². The molecule has 0 N–H and O–H groups in total. The van der Waals surface area contributed by atoms with Crippen LogP contribution in [0.4, 0.5) is 0 Å². The van der Waals surface area contributed by atoms with Crippen LogP contribution in [0.5, 0.6) is 0 Å². The molecule has 0 aliphatic rings. The molecular weight excluding hydrogens is 362 g/mol. The molecule has 1 aromatic heterocycles. The predicted molar refractivity (Wildman–Crippen MR) is 126 cm³/mol. The molecule has 0 saturated carbocycles. The fourth-order valence-electron chi connectivity index (χ4n) is 3.72. The molecule has 0 atom stereocenters. The van der Waals surface area contributed by atoms with Gasteiger partial charge in [-0.2, -0.15) is 0 Å². The van der Waals surface area contributed by atoms with Crippen LogP contribution in [0.1, 0.15) is 0 Å². The van der Waals surface area contributed by atoms with E-state index in [0.717, 1.165) is 11.3 Å². The number of hydrogen-bond acceptors (Lipinski definition) is 1. The van der Waals surface area contributed by atoms with E-state index in [0.29, 0.717) is 0 Å². The minimum Gasteiger partial charge on any atom is -0.256 e. The van der Waals surface area contributed by atoms with Crippen LogP contribution >= 0.6 is 0 Å². The number of benzene rings is 4. The Balaban J connectivity index is 1.40. The van der Waals surface area contributed by atoms with Crippen molar-refractivity contribution < 1.29 is 0 Å². The average molecular weight is 383 g/mol. The maximum Gasteiger partial charge on any atom is 0.0708 e. The largest absolute Gasteiger partial charge is 0.256 e. The minimum atomic E-state index is 0.994. The third kappa shape index (κ3) is 3.78. The molecule has 1 heterocycles. The van der Waals surface area contributed by atoms with E-state index < -0.39 is 0 Å². The summed E-state index contributed by atoms with van der Waals surface area (Å²) in [5.74, 6) is 0. The SMILES string of the molecule is c1ccc(-c2ccc(-c3ccc(-c4ccnc(-c5ccccc5)c4)cc3)cc2)cc1. The molecule has 1 heteroatoms. The Morgan fingerprint density at radius 2 is 0.733 bits per heavy atom. The summed E-state index contributed by atoms with van der Waals surface area (Å²) in [6.07, 6.45) is 1.88. The second kappa shape index (κ2) is 8.18. The number of rotatable bonds is 4. The molecule has 0 saturated heterocycles. The first-order valence-corrected chi connectivity index (χ1v) is 10.1. The highest BCUT2D eigenvalue weighted by Gasteiger charge is 2.04. The van der Waals surface area contributed by atoms with E-state index in [9.17, 15) is 0 Å². The summed E-state index contributed by atoms with van der Waals surface area (Å²) in [5.41, 5.74) is 9.42. The topological polar surface area (TPSA) is 12.9 Å². The molecular formula is C29H21N. The summed E-state index contributed by atoms with van der Waals surface area (Å²) in [5, 5.41) is 0. The molecule has 0 spiro atoms. The van der Waals surface area contributed by atoms with Crippen LogP contribution in [0, 0.1) is 0 Å². The Labute approximate surface area is 177 Å². The van der Waals surface area contributed by atoms with Crippen molar-refractivity contribution in [2.45, 2.75) is 0 Å². The average Bonchev–Trinajstić information content (AvgIpc) is 2.85. The third-order valence-corrected chi connectivity index (χ3v) is 5.37. The van der Waals surface area contributed by atoms with Crippen LogP contribution in [0.25, 0.3) is 44.6 Å². The quantitative estimate of drug-likeness (QED) is 0.309. The molecule has 5 aromatic rings. The van der Waals surface area contributed by atoms with Gasteiger partial charge in [-0.25, -0.2) is 0 Å². The van der Waals surface area contributed by atoms with E-state index >= 15 is 0 Å². The first kappa shape index (κ1) is 18.1. The lowest BCUT2D eigenvalue weighted by molar-refractivity contribution is 1.33. The molecule has 0 bridgehead atoms. The van der Waals surface area contributed by atoms with Gasteiger partial charge in [0.05, 0.1) is 5.69 Å². The second-order valence-electron chi connectivity index (χ2n) is 7.32. The monoisotopic (exact) mass is 383 g/mol. The maximum absolute atomic E-state index is 4.53. The first-order chi connectivity index (χ1) is 14.9. The minimum absolute atomic E-state index is 0.994. The Hall–Kier alpha value is -3.97. The molecule has 5 rings (SSSR count). The molecule has 0 unspecified atom stereocenters. The fourth-order valence-corrected chi connectivity index (χ4v) is 3.72. The number of nitrogens with zero attached hydrogens (tertiary/aromatic N) is 1. The number of hydrogen-bond donors (Lipinski definition) is 0. The summed E-state index contributed by atoms with van der Waals surface area (Å²) >= 11 is 0. The number of aromatic nitrogens is 1. The molecule has 0 fully saturated rings. The van der Waals surface area contributed by atoms with Crippen LogP contribution in [0.15, 0.2) is 128 Å². The maximum atomic E-state index is 4.53. The van der Waals surface area contributed by atoms with Crippen molar-refractivity contribution in [1.29, 1.82) is 0 Å². The van der Waals surface area contributed by atoms with Gasteiger partial charge in [0.1, 0.15) is 0 Å². The smallest absolute Gasteiger partial charge is 0.0708 e. The van der Waals surface area contributed by atoms with Gasteiger partial charge in [-0.15, -0.1) is 0 Å². The van der Waals surface area contributed by atoms with Crippen LogP contribution in [0.2, 0.25) is 0 Å². The normalized spacial score (nSPS) is 10.7. The van der Waals surface area contributed by atoms with E-state index in [2.05, 4.69) is 102 Å². The Bertz CT molecular complexity index is 1240. The lowest BCUT2D eigenvalue weighted by Crippen LogP contribution is -1.86. The van der Waals surface area contributed by atoms with Crippen molar-refractivity contribution in [2.75, 3.05) is 0 Å². The van der Waals surface area contributed by atoms with Crippen molar-refractivity contribution in [3.8, 4) is 44.6 Å². The van der Waals surface area contributed by atoms with Crippen molar-refractivity contribution in [3.05, 3.63) is 128 Å². The van der Waals surface area contributed by atoms with Crippen LogP contribution in [-0.4, -0.2) is 4.98 Å². The van der Waals surface area contributed by atoms with E-state index in [1.165, 1.54) is 33.4 Å². The fraction of sp³-hybridized carbons (Fsp3) is 0. The summed E-state index contributed by atoms with van der Waals surface area (Å²) in [4.78, 5) is 4.53. The third-order valence-electron chi connectivity index (χ3n) is 5.37. The Kier molecular flexibility index (Phi) is 4.93. The zero-order valence-corrected chi connectivity index (χ0v) is 16.6. The van der Waals surface area contributed by atoms with Gasteiger partial charge in [0.2, 0.25) is 0 Å². The molecule has 142 valence electrons. The van der Waals surface area contributed by atoms with Gasteiger partial charge in [0.25, 0.3) is 0 Å². The number of pyridine rings is 1. The van der Waals surface area contributed by atoms with E-state index in [4.69, 9.17) is 0 Å². The summed E-state index contributed by atoms with van der Waals surface area (Å²) in [7, 11) is 0. The van der Waals surface area contributed by atoms with Crippen molar-refractivity contribution in [1.82, 2.24) is 4.98 Å². The lowest BCUT2D eigenvalue weighted by Gasteiger charge is -2.08. The van der Waals surface area contributed by atoms with E-state index in [1.54, 1.807) is 0 Å². The summed E-state index contributed by atoms with van der Waals surface area (Å²) < 4.78 is 0.